The van der Waals surface area contributed by atoms with Crippen LogP contribution in [0.2, 0.25) is 0 Å². The van der Waals surface area contributed by atoms with Crippen molar-refractivity contribution in [2.24, 2.45) is 0 Å². The average Bonchev–Trinajstić information content (AvgIpc) is 2.37. The van der Waals surface area contributed by atoms with Gasteiger partial charge in [0.25, 0.3) is 0 Å². The summed E-state index contributed by atoms with van der Waals surface area (Å²) in [4.78, 5) is 2.48. The molecule has 0 aromatic heterocycles. The molecule has 0 spiro atoms. The predicted octanol–water partition coefficient (Wildman–Crippen LogP) is 5.76. The molecule has 2 aromatic rings. The van der Waals surface area contributed by atoms with Gasteiger partial charge in [-0.15, -0.1) is 0 Å². The molecule has 2 aromatic carbocycles. The molecule has 0 aliphatic heterocycles. The van der Waals surface area contributed by atoms with Crippen LogP contribution in [0.15, 0.2) is 54.6 Å². The Morgan fingerprint density at radius 2 is 1.00 bits per heavy atom. The van der Waals surface area contributed by atoms with Crippen molar-refractivity contribution in [1.82, 2.24) is 0 Å². The van der Waals surface area contributed by atoms with Crippen molar-refractivity contribution in [2.45, 2.75) is 52.6 Å². The van der Waals surface area contributed by atoms with Crippen molar-refractivity contribution >= 4 is 5.69 Å². The van der Waals surface area contributed by atoms with Crippen molar-refractivity contribution in [2.75, 3.05) is 4.90 Å². The van der Waals surface area contributed by atoms with Crippen LogP contribution >= 0.6 is 0 Å². The second-order valence-corrected chi connectivity index (χ2v) is 7.59. The molecule has 0 unspecified atom stereocenters. The summed E-state index contributed by atoms with van der Waals surface area (Å²) in [6.07, 6.45) is 0. The summed E-state index contributed by atoms with van der Waals surface area (Å²) in [6.45, 7) is 13.6. The highest BCUT2D eigenvalue weighted by Crippen LogP contribution is 2.33. The molecule has 0 radical (unpaired) electrons. The summed E-state index contributed by atoms with van der Waals surface area (Å²) in [7, 11) is 0. The fourth-order valence-electron chi connectivity index (χ4n) is 3.21. The Labute approximate surface area is 129 Å². The maximum Gasteiger partial charge on any atom is 0.0375 e. The molecule has 1 heteroatoms. The minimum absolute atomic E-state index is 0.0898. The molecule has 0 bridgehead atoms. The van der Waals surface area contributed by atoms with Crippen LogP contribution in [0.4, 0.5) is 5.69 Å². The SMILES string of the molecule is CC(C)(C)N(c1ccc(-c2ccccc2)cc1)C(C)(C)C. The van der Waals surface area contributed by atoms with Gasteiger partial charge in [0.15, 0.2) is 0 Å². The van der Waals surface area contributed by atoms with E-state index < -0.39 is 0 Å². The zero-order valence-electron chi connectivity index (χ0n) is 14.1. The lowest BCUT2D eigenvalue weighted by molar-refractivity contribution is 0.381. The van der Waals surface area contributed by atoms with Gasteiger partial charge in [-0.1, -0.05) is 42.5 Å². The van der Waals surface area contributed by atoms with Gasteiger partial charge in [-0.3, -0.25) is 0 Å². The van der Waals surface area contributed by atoms with E-state index in [0.717, 1.165) is 0 Å². The van der Waals surface area contributed by atoms with Crippen molar-refractivity contribution in [3.63, 3.8) is 0 Å². The summed E-state index contributed by atoms with van der Waals surface area (Å²) in [5.41, 5.74) is 3.98. The first kappa shape index (κ1) is 15.6. The summed E-state index contributed by atoms with van der Waals surface area (Å²) in [6, 6.07) is 19.4. The highest BCUT2D eigenvalue weighted by atomic mass is 15.2. The second-order valence-electron chi connectivity index (χ2n) is 7.59. The van der Waals surface area contributed by atoms with Crippen molar-refractivity contribution < 1.29 is 0 Å². The van der Waals surface area contributed by atoms with Gasteiger partial charge in [0.2, 0.25) is 0 Å². The molecule has 112 valence electrons. The van der Waals surface area contributed by atoms with Gasteiger partial charge in [-0.2, -0.15) is 0 Å². The smallest absolute Gasteiger partial charge is 0.0375 e. The van der Waals surface area contributed by atoms with Crippen molar-refractivity contribution in [3.05, 3.63) is 54.6 Å². The van der Waals surface area contributed by atoms with Crippen molar-refractivity contribution in [1.29, 1.82) is 0 Å². The number of hydrogen-bond acceptors (Lipinski definition) is 1. The van der Waals surface area contributed by atoms with E-state index in [4.69, 9.17) is 0 Å². The maximum absolute atomic E-state index is 2.48. The van der Waals surface area contributed by atoms with Crippen LogP contribution in [-0.2, 0) is 0 Å². The van der Waals surface area contributed by atoms with Gasteiger partial charge in [0.1, 0.15) is 0 Å². The first-order chi connectivity index (χ1) is 9.69. The molecule has 0 aliphatic carbocycles. The Balaban J connectivity index is 2.37. The summed E-state index contributed by atoms with van der Waals surface area (Å²) >= 11 is 0. The van der Waals surface area contributed by atoms with Crippen LogP contribution in [-0.4, -0.2) is 11.1 Å². The van der Waals surface area contributed by atoms with Crippen LogP contribution < -0.4 is 4.90 Å². The zero-order chi connectivity index (χ0) is 15.7. The van der Waals surface area contributed by atoms with Gasteiger partial charge in [0.05, 0.1) is 0 Å². The van der Waals surface area contributed by atoms with Gasteiger partial charge >= 0.3 is 0 Å². The molecule has 0 saturated carbocycles. The Hall–Kier alpha value is -1.76. The van der Waals surface area contributed by atoms with Crippen molar-refractivity contribution in [3.8, 4) is 11.1 Å². The summed E-state index contributed by atoms with van der Waals surface area (Å²) < 4.78 is 0. The van der Waals surface area contributed by atoms with E-state index in [1.54, 1.807) is 0 Å². The minimum Gasteiger partial charge on any atom is -0.362 e. The Morgan fingerprint density at radius 1 is 0.571 bits per heavy atom. The van der Waals surface area contributed by atoms with E-state index in [2.05, 4.69) is 101 Å². The molecule has 0 heterocycles. The molecule has 1 nitrogen and oxygen atoms in total. The predicted molar refractivity (Wildman–Crippen MR) is 93.9 cm³/mol. The number of benzene rings is 2. The molecular formula is C20H27N. The monoisotopic (exact) mass is 281 g/mol. The van der Waals surface area contributed by atoms with Gasteiger partial charge in [0, 0.05) is 16.8 Å². The maximum atomic E-state index is 2.48. The molecule has 0 amide bonds. The second kappa shape index (κ2) is 5.55. The standard InChI is InChI=1S/C20H27N/c1-19(2,3)21(20(4,5)6)18-14-12-17(13-15-18)16-10-8-7-9-11-16/h7-15H,1-6H3. The first-order valence-electron chi connectivity index (χ1n) is 7.65. The Kier molecular flexibility index (Phi) is 4.13. The summed E-state index contributed by atoms with van der Waals surface area (Å²) in [5, 5.41) is 0. The summed E-state index contributed by atoms with van der Waals surface area (Å²) in [5.74, 6) is 0. The zero-order valence-corrected chi connectivity index (χ0v) is 14.1. The van der Waals surface area contributed by atoms with E-state index >= 15 is 0 Å². The van der Waals surface area contributed by atoms with E-state index in [-0.39, 0.29) is 11.1 Å². The number of hydrogen-bond donors (Lipinski definition) is 0. The van der Waals surface area contributed by atoms with E-state index in [9.17, 15) is 0 Å². The largest absolute Gasteiger partial charge is 0.362 e. The van der Waals surface area contributed by atoms with E-state index in [1.165, 1.54) is 16.8 Å². The quantitative estimate of drug-likeness (QED) is 0.676. The van der Waals surface area contributed by atoms with Crippen LogP contribution in [0.25, 0.3) is 11.1 Å². The minimum atomic E-state index is 0.0898. The highest BCUT2D eigenvalue weighted by Gasteiger charge is 2.31. The van der Waals surface area contributed by atoms with E-state index in [0.29, 0.717) is 0 Å². The molecule has 2 rings (SSSR count). The molecule has 0 aliphatic rings. The Morgan fingerprint density at radius 3 is 1.43 bits per heavy atom. The molecular weight excluding hydrogens is 254 g/mol. The van der Waals surface area contributed by atoms with Crippen LogP contribution in [0.5, 0.6) is 0 Å². The van der Waals surface area contributed by atoms with Gasteiger partial charge in [-0.25, -0.2) is 0 Å². The number of anilines is 1. The topological polar surface area (TPSA) is 3.24 Å². The lowest BCUT2D eigenvalue weighted by Crippen LogP contribution is -2.53. The molecule has 0 atom stereocenters. The fourth-order valence-corrected chi connectivity index (χ4v) is 3.21. The number of nitrogens with zero attached hydrogens (tertiary/aromatic N) is 1. The van der Waals surface area contributed by atoms with Crippen LogP contribution in [0.1, 0.15) is 41.5 Å². The number of rotatable bonds is 2. The molecule has 21 heavy (non-hydrogen) atoms. The normalized spacial score (nSPS) is 12.3. The van der Waals surface area contributed by atoms with E-state index in [1.807, 2.05) is 0 Å². The molecule has 0 fully saturated rings. The van der Waals surface area contributed by atoms with Crippen LogP contribution in [0, 0.1) is 0 Å². The highest BCUT2D eigenvalue weighted by molar-refractivity contribution is 5.66. The third-order valence-electron chi connectivity index (χ3n) is 3.57. The van der Waals surface area contributed by atoms with Gasteiger partial charge < -0.3 is 4.90 Å². The van der Waals surface area contributed by atoms with Crippen LogP contribution in [0.3, 0.4) is 0 Å². The van der Waals surface area contributed by atoms with Gasteiger partial charge in [-0.05, 0) is 64.8 Å². The lowest BCUT2D eigenvalue weighted by Gasteiger charge is -2.47. The molecule has 0 N–H and O–H groups in total. The first-order valence-corrected chi connectivity index (χ1v) is 7.65. The Bertz CT molecular complexity index is 554. The fraction of sp³-hybridized carbons (Fsp3) is 0.400. The average molecular weight is 281 g/mol. The lowest BCUT2D eigenvalue weighted by atomic mass is 9.94. The third kappa shape index (κ3) is 3.66. The third-order valence-corrected chi connectivity index (χ3v) is 3.57. The molecule has 0 saturated heterocycles.